The summed E-state index contributed by atoms with van der Waals surface area (Å²) in [6.45, 7) is 0.695. The van der Waals surface area contributed by atoms with E-state index in [-0.39, 0.29) is 11.0 Å². The second-order valence-corrected chi connectivity index (χ2v) is 4.00. The van der Waals surface area contributed by atoms with Crippen molar-refractivity contribution in [2.45, 2.75) is 25.8 Å². The van der Waals surface area contributed by atoms with Gasteiger partial charge in [0, 0.05) is 30.6 Å². The van der Waals surface area contributed by atoms with Gasteiger partial charge in [0.2, 0.25) is 0 Å². The molecule has 0 amide bonds. The summed E-state index contributed by atoms with van der Waals surface area (Å²) < 4.78 is 1.70. The molecule has 0 radical (unpaired) electrons. The molecular formula is C11H12N2O. The summed E-state index contributed by atoms with van der Waals surface area (Å²) in [7, 11) is 0. The van der Waals surface area contributed by atoms with Crippen LogP contribution in [0.5, 0.6) is 0 Å². The molecule has 3 heteroatoms. The zero-order valence-electron chi connectivity index (χ0n) is 7.94. The van der Waals surface area contributed by atoms with Crippen LogP contribution < -0.4 is 5.56 Å². The van der Waals surface area contributed by atoms with Gasteiger partial charge in [0.25, 0.3) is 5.56 Å². The molecule has 3 nitrogen and oxygen atoms in total. The molecule has 1 aromatic rings. The van der Waals surface area contributed by atoms with E-state index in [2.05, 4.69) is 6.07 Å². The van der Waals surface area contributed by atoms with E-state index in [0.29, 0.717) is 13.0 Å². The SMILES string of the molecule is N#CCC1(Cn2ccccc2=O)CC1. The lowest BCUT2D eigenvalue weighted by Crippen LogP contribution is -2.23. The van der Waals surface area contributed by atoms with E-state index in [1.807, 2.05) is 6.07 Å². The topological polar surface area (TPSA) is 45.8 Å². The minimum atomic E-state index is 0.0247. The first-order chi connectivity index (χ1) is 6.76. The molecule has 2 rings (SSSR count). The first-order valence-electron chi connectivity index (χ1n) is 4.78. The van der Waals surface area contributed by atoms with Crippen LogP contribution in [0, 0.1) is 16.7 Å². The maximum atomic E-state index is 11.4. The summed E-state index contributed by atoms with van der Waals surface area (Å²) in [6.07, 6.45) is 4.50. The monoisotopic (exact) mass is 188 g/mol. The van der Waals surface area contributed by atoms with Gasteiger partial charge in [0.05, 0.1) is 6.07 Å². The number of hydrogen-bond acceptors (Lipinski definition) is 2. The highest BCUT2D eigenvalue weighted by molar-refractivity contribution is 5.02. The van der Waals surface area contributed by atoms with Crippen LogP contribution in [-0.2, 0) is 6.54 Å². The minimum Gasteiger partial charge on any atom is -0.315 e. The molecule has 72 valence electrons. The van der Waals surface area contributed by atoms with E-state index in [4.69, 9.17) is 5.26 Å². The number of nitrogens with zero attached hydrogens (tertiary/aromatic N) is 2. The van der Waals surface area contributed by atoms with Crippen LogP contribution in [0.1, 0.15) is 19.3 Å². The lowest BCUT2D eigenvalue weighted by Gasteiger charge is -2.12. The van der Waals surface area contributed by atoms with Crippen LogP contribution in [-0.4, -0.2) is 4.57 Å². The predicted octanol–water partition coefficient (Wildman–Crippen LogP) is 1.54. The maximum Gasteiger partial charge on any atom is 0.250 e. The summed E-state index contributed by atoms with van der Waals surface area (Å²) >= 11 is 0. The van der Waals surface area contributed by atoms with Crippen molar-refractivity contribution in [1.82, 2.24) is 4.57 Å². The van der Waals surface area contributed by atoms with Gasteiger partial charge in [-0.25, -0.2) is 0 Å². The van der Waals surface area contributed by atoms with Gasteiger partial charge in [0.15, 0.2) is 0 Å². The van der Waals surface area contributed by atoms with Gasteiger partial charge in [-0.05, 0) is 18.9 Å². The molecular weight excluding hydrogens is 176 g/mol. The Balaban J connectivity index is 2.16. The second-order valence-electron chi connectivity index (χ2n) is 4.00. The Morgan fingerprint density at radius 1 is 1.50 bits per heavy atom. The lowest BCUT2D eigenvalue weighted by atomic mass is 10.0. The Morgan fingerprint density at radius 2 is 2.29 bits per heavy atom. The molecule has 1 heterocycles. The van der Waals surface area contributed by atoms with Crippen molar-refractivity contribution in [3.05, 3.63) is 34.7 Å². The molecule has 0 aromatic carbocycles. The van der Waals surface area contributed by atoms with E-state index in [1.165, 1.54) is 0 Å². The van der Waals surface area contributed by atoms with Crippen LogP contribution in [0.15, 0.2) is 29.2 Å². The molecule has 0 atom stereocenters. The van der Waals surface area contributed by atoms with Gasteiger partial charge in [-0.2, -0.15) is 5.26 Å². The van der Waals surface area contributed by atoms with Gasteiger partial charge in [-0.1, -0.05) is 6.07 Å². The number of pyridine rings is 1. The third kappa shape index (κ3) is 1.69. The van der Waals surface area contributed by atoms with Crippen LogP contribution in [0.25, 0.3) is 0 Å². The average Bonchev–Trinajstić information content (AvgIpc) is 2.90. The maximum absolute atomic E-state index is 11.4. The van der Waals surface area contributed by atoms with Crippen LogP contribution in [0.2, 0.25) is 0 Å². The Morgan fingerprint density at radius 3 is 2.86 bits per heavy atom. The zero-order chi connectivity index (χ0) is 10.0. The molecule has 0 bridgehead atoms. The summed E-state index contributed by atoms with van der Waals surface area (Å²) in [5.74, 6) is 0. The van der Waals surface area contributed by atoms with Crippen molar-refractivity contribution >= 4 is 0 Å². The Hall–Kier alpha value is -1.56. The Bertz CT molecular complexity index is 423. The fourth-order valence-corrected chi connectivity index (χ4v) is 1.69. The van der Waals surface area contributed by atoms with Gasteiger partial charge in [-0.15, -0.1) is 0 Å². The van der Waals surface area contributed by atoms with Crippen molar-refractivity contribution in [3.8, 4) is 6.07 Å². The van der Waals surface area contributed by atoms with Gasteiger partial charge in [0.1, 0.15) is 0 Å². The van der Waals surface area contributed by atoms with Crippen molar-refractivity contribution < 1.29 is 0 Å². The van der Waals surface area contributed by atoms with Crippen molar-refractivity contribution in [3.63, 3.8) is 0 Å². The molecule has 0 aliphatic heterocycles. The third-order valence-electron chi connectivity index (χ3n) is 2.82. The van der Waals surface area contributed by atoms with E-state index < -0.39 is 0 Å². The zero-order valence-corrected chi connectivity index (χ0v) is 7.94. The molecule has 0 unspecified atom stereocenters. The highest BCUT2D eigenvalue weighted by atomic mass is 16.1. The highest BCUT2D eigenvalue weighted by Crippen LogP contribution is 2.49. The molecule has 1 fully saturated rings. The summed E-state index contributed by atoms with van der Waals surface area (Å²) in [4.78, 5) is 11.4. The summed E-state index contributed by atoms with van der Waals surface area (Å²) in [5, 5.41) is 8.65. The standard InChI is InChI=1S/C11H12N2O/c12-7-6-11(4-5-11)9-13-8-2-1-3-10(13)14/h1-3,8H,4-6,9H2. The number of nitriles is 1. The van der Waals surface area contributed by atoms with Crippen LogP contribution in [0.4, 0.5) is 0 Å². The van der Waals surface area contributed by atoms with E-state index in [0.717, 1.165) is 12.8 Å². The smallest absolute Gasteiger partial charge is 0.250 e. The number of hydrogen-bond donors (Lipinski definition) is 0. The average molecular weight is 188 g/mol. The van der Waals surface area contributed by atoms with Gasteiger partial charge in [-0.3, -0.25) is 4.79 Å². The highest BCUT2D eigenvalue weighted by Gasteiger charge is 2.42. The molecule has 0 saturated heterocycles. The second kappa shape index (κ2) is 3.30. The normalized spacial score (nSPS) is 17.4. The summed E-state index contributed by atoms with van der Waals surface area (Å²) in [6, 6.07) is 7.34. The molecule has 0 N–H and O–H groups in total. The fraction of sp³-hybridized carbons (Fsp3) is 0.455. The largest absolute Gasteiger partial charge is 0.315 e. The Kier molecular flexibility index (Phi) is 2.12. The van der Waals surface area contributed by atoms with E-state index in [9.17, 15) is 4.79 Å². The number of aromatic nitrogens is 1. The van der Waals surface area contributed by atoms with Crippen LogP contribution >= 0.6 is 0 Å². The van der Waals surface area contributed by atoms with E-state index in [1.54, 1.807) is 22.9 Å². The number of rotatable bonds is 3. The molecule has 1 aliphatic carbocycles. The molecule has 1 saturated carbocycles. The third-order valence-corrected chi connectivity index (χ3v) is 2.82. The van der Waals surface area contributed by atoms with Gasteiger partial charge >= 0.3 is 0 Å². The van der Waals surface area contributed by atoms with Crippen molar-refractivity contribution in [2.75, 3.05) is 0 Å². The summed E-state index contributed by atoms with van der Waals surface area (Å²) in [5.41, 5.74) is 0.122. The molecule has 14 heavy (non-hydrogen) atoms. The van der Waals surface area contributed by atoms with Crippen molar-refractivity contribution in [1.29, 1.82) is 5.26 Å². The lowest BCUT2D eigenvalue weighted by molar-refractivity contribution is 0.423. The minimum absolute atomic E-state index is 0.0247. The molecule has 1 aromatic heterocycles. The Labute approximate surface area is 82.6 Å². The first kappa shape index (κ1) is 9.01. The molecule has 1 aliphatic rings. The predicted molar refractivity (Wildman–Crippen MR) is 52.6 cm³/mol. The van der Waals surface area contributed by atoms with E-state index >= 15 is 0 Å². The van der Waals surface area contributed by atoms with Crippen LogP contribution in [0.3, 0.4) is 0 Å². The fourth-order valence-electron chi connectivity index (χ4n) is 1.69. The van der Waals surface area contributed by atoms with Crippen molar-refractivity contribution in [2.24, 2.45) is 5.41 Å². The quantitative estimate of drug-likeness (QED) is 0.722. The van der Waals surface area contributed by atoms with Gasteiger partial charge < -0.3 is 4.57 Å². The molecule has 0 spiro atoms. The first-order valence-corrected chi connectivity index (χ1v) is 4.78.